The van der Waals surface area contributed by atoms with E-state index in [0.717, 1.165) is 23.1 Å². The third-order valence-electron chi connectivity index (χ3n) is 4.80. The van der Waals surface area contributed by atoms with Gasteiger partial charge in [0, 0.05) is 10.4 Å². The fourth-order valence-electron chi connectivity index (χ4n) is 3.18. The second kappa shape index (κ2) is 10.7. The number of ether oxygens (including phenoxy) is 1. The van der Waals surface area contributed by atoms with Gasteiger partial charge in [-0.2, -0.15) is 0 Å². The largest absolute Gasteiger partial charge is 0.480 e. The van der Waals surface area contributed by atoms with Gasteiger partial charge in [-0.3, -0.25) is 9.52 Å². The van der Waals surface area contributed by atoms with Crippen molar-refractivity contribution in [3.8, 4) is 0 Å². The lowest BCUT2D eigenvalue weighted by atomic mass is 9.76. The second-order valence-electron chi connectivity index (χ2n) is 8.10. The highest BCUT2D eigenvalue weighted by atomic mass is 35.5. The van der Waals surface area contributed by atoms with Gasteiger partial charge in [0.1, 0.15) is 11.4 Å². The van der Waals surface area contributed by atoms with Gasteiger partial charge < -0.3 is 9.84 Å². The molecule has 0 aliphatic carbocycles. The van der Waals surface area contributed by atoms with Crippen LogP contribution in [0.25, 0.3) is 0 Å². The number of nitrogens with one attached hydrogen (secondary N) is 1. The van der Waals surface area contributed by atoms with E-state index in [2.05, 4.69) is 4.72 Å². The summed E-state index contributed by atoms with van der Waals surface area (Å²) in [6.07, 6.45) is -0.846. The van der Waals surface area contributed by atoms with Crippen LogP contribution in [0, 0.1) is 5.92 Å². The molecule has 2 aromatic carbocycles. The van der Waals surface area contributed by atoms with Crippen LogP contribution in [-0.4, -0.2) is 22.4 Å². The van der Waals surface area contributed by atoms with Gasteiger partial charge in [-0.1, -0.05) is 81.8 Å². The third kappa shape index (κ3) is 6.67. The Bertz CT molecular complexity index is 857. The van der Waals surface area contributed by atoms with Gasteiger partial charge in [0.25, 0.3) is 0 Å². The van der Waals surface area contributed by atoms with E-state index in [1.807, 2.05) is 76.2 Å². The number of carbonyl (C=O) groups is 2. The van der Waals surface area contributed by atoms with Gasteiger partial charge in [-0.15, -0.1) is 0 Å². The number of carbonyl (C=O) groups excluding carboxylic acids is 1. The average molecular weight is 450 g/mol. The molecule has 2 rings (SSSR count). The van der Waals surface area contributed by atoms with Crippen LogP contribution in [0.5, 0.6) is 0 Å². The summed E-state index contributed by atoms with van der Waals surface area (Å²) in [5.74, 6) is -0.775. The molecule has 0 aliphatic rings. The molecule has 162 valence electrons. The Morgan fingerprint density at radius 2 is 1.80 bits per heavy atom. The lowest BCUT2D eigenvalue weighted by Gasteiger charge is -2.34. The fourth-order valence-corrected chi connectivity index (χ4v) is 4.24. The Labute approximate surface area is 187 Å². The molecule has 0 aromatic heterocycles. The summed E-state index contributed by atoms with van der Waals surface area (Å²) >= 11 is 7.05. The van der Waals surface area contributed by atoms with Crippen molar-refractivity contribution >= 4 is 35.6 Å². The molecule has 30 heavy (non-hydrogen) atoms. The molecule has 0 spiro atoms. The number of benzene rings is 2. The zero-order valence-corrected chi connectivity index (χ0v) is 19.2. The molecule has 2 N–H and O–H groups in total. The fraction of sp³-hybridized carbons (Fsp3) is 0.391. The van der Waals surface area contributed by atoms with Gasteiger partial charge in [-0.05, 0) is 47.5 Å². The predicted molar refractivity (Wildman–Crippen MR) is 122 cm³/mol. The number of hydrogen-bond acceptors (Lipinski definition) is 4. The van der Waals surface area contributed by atoms with E-state index in [-0.39, 0.29) is 5.92 Å². The number of aliphatic carboxylic acids is 1. The molecule has 0 saturated carbocycles. The zero-order chi connectivity index (χ0) is 22.3. The SMILES string of the molecule is CC(C)C[C@H](SNC(=O)OC(c1ccccc1)C(C)(C)c1cccc(Cl)c1)C(=O)O. The monoisotopic (exact) mass is 449 g/mol. The highest BCUT2D eigenvalue weighted by Crippen LogP contribution is 2.40. The second-order valence-corrected chi connectivity index (χ2v) is 9.55. The molecule has 1 amide bonds. The van der Waals surface area contributed by atoms with Gasteiger partial charge in [0.2, 0.25) is 0 Å². The van der Waals surface area contributed by atoms with Crippen molar-refractivity contribution < 1.29 is 19.4 Å². The molecule has 2 atom stereocenters. The van der Waals surface area contributed by atoms with E-state index in [9.17, 15) is 14.7 Å². The number of halogens is 1. The van der Waals surface area contributed by atoms with Crippen LogP contribution in [0.2, 0.25) is 5.02 Å². The van der Waals surface area contributed by atoms with Crippen molar-refractivity contribution in [3.63, 3.8) is 0 Å². The van der Waals surface area contributed by atoms with Crippen molar-refractivity contribution in [2.24, 2.45) is 5.92 Å². The zero-order valence-electron chi connectivity index (χ0n) is 17.6. The molecule has 0 heterocycles. The van der Waals surface area contributed by atoms with E-state index in [1.165, 1.54) is 0 Å². The van der Waals surface area contributed by atoms with Crippen molar-refractivity contribution in [2.75, 3.05) is 0 Å². The Hall–Kier alpha value is -2.18. The van der Waals surface area contributed by atoms with Crippen LogP contribution >= 0.6 is 23.5 Å². The first-order chi connectivity index (χ1) is 14.1. The topological polar surface area (TPSA) is 75.6 Å². The van der Waals surface area contributed by atoms with Gasteiger partial charge in [0.05, 0.1) is 0 Å². The first-order valence-electron chi connectivity index (χ1n) is 9.77. The maximum absolute atomic E-state index is 12.6. The maximum atomic E-state index is 12.6. The van der Waals surface area contributed by atoms with Crippen LogP contribution in [0.15, 0.2) is 54.6 Å². The van der Waals surface area contributed by atoms with E-state index in [1.54, 1.807) is 6.07 Å². The Morgan fingerprint density at radius 3 is 2.37 bits per heavy atom. The van der Waals surface area contributed by atoms with E-state index < -0.39 is 28.8 Å². The van der Waals surface area contributed by atoms with E-state index in [4.69, 9.17) is 16.3 Å². The third-order valence-corrected chi connectivity index (χ3v) is 5.99. The molecule has 5 nitrogen and oxygen atoms in total. The van der Waals surface area contributed by atoms with E-state index in [0.29, 0.717) is 11.4 Å². The Balaban J connectivity index is 2.22. The summed E-state index contributed by atoms with van der Waals surface area (Å²) < 4.78 is 8.38. The minimum absolute atomic E-state index is 0.190. The van der Waals surface area contributed by atoms with Crippen LogP contribution in [0.4, 0.5) is 4.79 Å². The van der Waals surface area contributed by atoms with Crippen LogP contribution in [0.3, 0.4) is 0 Å². The molecule has 0 saturated heterocycles. The summed E-state index contributed by atoms with van der Waals surface area (Å²) in [6.45, 7) is 7.84. The molecule has 0 fully saturated rings. The first kappa shape index (κ1) is 24.1. The molecule has 7 heteroatoms. The van der Waals surface area contributed by atoms with Gasteiger partial charge in [0.15, 0.2) is 0 Å². The van der Waals surface area contributed by atoms with Crippen LogP contribution in [-0.2, 0) is 14.9 Å². The number of rotatable bonds is 9. The average Bonchev–Trinajstić information content (AvgIpc) is 2.69. The van der Waals surface area contributed by atoms with Crippen LogP contribution < -0.4 is 4.72 Å². The Morgan fingerprint density at radius 1 is 1.13 bits per heavy atom. The molecule has 2 aromatic rings. The van der Waals surface area contributed by atoms with Gasteiger partial charge >= 0.3 is 12.1 Å². The molecule has 0 bridgehead atoms. The first-order valence-corrected chi connectivity index (χ1v) is 11.0. The van der Waals surface area contributed by atoms with Crippen LogP contribution in [0.1, 0.15) is 51.3 Å². The molecule has 1 unspecified atom stereocenters. The lowest BCUT2D eigenvalue weighted by Crippen LogP contribution is -2.34. The maximum Gasteiger partial charge on any atom is 0.417 e. The lowest BCUT2D eigenvalue weighted by molar-refractivity contribution is -0.136. The highest BCUT2D eigenvalue weighted by Gasteiger charge is 2.36. The minimum atomic E-state index is -0.965. The molecular weight excluding hydrogens is 422 g/mol. The van der Waals surface area contributed by atoms with Crippen molar-refractivity contribution in [2.45, 2.75) is 50.9 Å². The quantitative estimate of drug-likeness (QED) is 0.443. The molecular formula is C23H28ClNO4S. The summed E-state index contributed by atoms with van der Waals surface area (Å²) in [6, 6.07) is 16.9. The standard InChI is InChI=1S/C23H28ClNO4S/c1-15(2)13-19(21(26)27)30-25-22(28)29-20(16-9-6-5-7-10-16)23(3,4)17-11-8-12-18(24)14-17/h5-12,14-15,19-20H,13H2,1-4H3,(H,25,28)(H,26,27)/t19-,20?/m0/s1. The summed E-state index contributed by atoms with van der Waals surface area (Å²) in [5.41, 5.74) is 1.17. The number of hydrogen-bond donors (Lipinski definition) is 2. The number of carboxylic acid groups (broad SMARTS) is 1. The van der Waals surface area contributed by atoms with Gasteiger partial charge in [-0.25, -0.2) is 4.79 Å². The predicted octanol–water partition coefficient (Wildman–Crippen LogP) is 6.23. The minimum Gasteiger partial charge on any atom is -0.480 e. The molecule has 0 aliphatic heterocycles. The van der Waals surface area contributed by atoms with Crippen molar-refractivity contribution in [1.82, 2.24) is 4.72 Å². The number of carboxylic acids is 1. The summed E-state index contributed by atoms with van der Waals surface area (Å²) in [5, 5.41) is 9.23. The van der Waals surface area contributed by atoms with Crippen molar-refractivity contribution in [1.29, 1.82) is 0 Å². The number of amides is 1. The molecule has 0 radical (unpaired) electrons. The highest BCUT2D eigenvalue weighted by molar-refractivity contribution is 7.99. The smallest absolute Gasteiger partial charge is 0.417 e. The summed E-state index contributed by atoms with van der Waals surface area (Å²) in [7, 11) is 0. The summed E-state index contributed by atoms with van der Waals surface area (Å²) in [4.78, 5) is 24.1. The van der Waals surface area contributed by atoms with E-state index >= 15 is 0 Å². The normalized spacial score (nSPS) is 13.5. The Kier molecular flexibility index (Phi) is 8.62. The van der Waals surface area contributed by atoms with Crippen molar-refractivity contribution in [3.05, 3.63) is 70.7 Å².